The van der Waals surface area contributed by atoms with E-state index < -0.39 is 5.82 Å². The predicted octanol–water partition coefficient (Wildman–Crippen LogP) is 4.56. The largest absolute Gasteiger partial charge is 0.493 e. The molecule has 1 amide bonds. The van der Waals surface area contributed by atoms with Gasteiger partial charge in [-0.3, -0.25) is 4.79 Å². The molecule has 2 aromatic carbocycles. The van der Waals surface area contributed by atoms with E-state index in [0.717, 1.165) is 0 Å². The fourth-order valence-corrected chi connectivity index (χ4v) is 2.10. The van der Waals surface area contributed by atoms with E-state index in [1.54, 1.807) is 12.1 Å². The summed E-state index contributed by atoms with van der Waals surface area (Å²) in [4.78, 5) is 12.0. The van der Waals surface area contributed by atoms with Crippen molar-refractivity contribution in [2.45, 2.75) is 13.8 Å². The molecule has 0 radical (unpaired) electrons. The fraction of sp³-hybridized carbons (Fsp3) is 0.278. The minimum absolute atomic E-state index is 0.00964. The zero-order valence-corrected chi connectivity index (χ0v) is 14.4. The molecule has 128 valence electrons. The third-order valence-electron chi connectivity index (χ3n) is 3.07. The summed E-state index contributed by atoms with van der Waals surface area (Å²) in [6.07, 6.45) is 0. The standard InChI is InChI=1S/C18H20ClFN2O2/c1-12(2)11-24-15-5-3-4-14(8-15)22-18(23)10-21-13-6-7-17(20)16(19)9-13/h3-9,12,21H,10-11H2,1-2H3,(H,22,23). The Morgan fingerprint density at radius 2 is 2.00 bits per heavy atom. The number of carbonyl (C=O) groups is 1. The number of hydrogen-bond donors (Lipinski definition) is 2. The highest BCUT2D eigenvalue weighted by Gasteiger charge is 2.06. The van der Waals surface area contributed by atoms with E-state index >= 15 is 0 Å². The van der Waals surface area contributed by atoms with Crippen LogP contribution in [0, 0.1) is 11.7 Å². The van der Waals surface area contributed by atoms with Crippen LogP contribution in [-0.4, -0.2) is 19.1 Å². The van der Waals surface area contributed by atoms with Gasteiger partial charge in [0.1, 0.15) is 11.6 Å². The van der Waals surface area contributed by atoms with Gasteiger partial charge in [-0.1, -0.05) is 31.5 Å². The van der Waals surface area contributed by atoms with Crippen LogP contribution in [0.25, 0.3) is 0 Å². The molecule has 0 aliphatic rings. The minimum atomic E-state index is -0.495. The van der Waals surface area contributed by atoms with E-state index in [1.807, 2.05) is 12.1 Å². The van der Waals surface area contributed by atoms with Crippen molar-refractivity contribution in [3.05, 3.63) is 53.3 Å². The van der Waals surface area contributed by atoms with Gasteiger partial charge in [-0.2, -0.15) is 0 Å². The van der Waals surface area contributed by atoms with Crippen LogP contribution in [0.2, 0.25) is 5.02 Å². The summed E-state index contributed by atoms with van der Waals surface area (Å²) in [6.45, 7) is 4.79. The number of halogens is 2. The van der Waals surface area contributed by atoms with Gasteiger partial charge in [0, 0.05) is 17.4 Å². The summed E-state index contributed by atoms with van der Waals surface area (Å²) in [5, 5.41) is 5.68. The average Bonchev–Trinajstić information content (AvgIpc) is 2.54. The summed E-state index contributed by atoms with van der Waals surface area (Å²) in [6, 6.07) is 11.4. The molecule has 24 heavy (non-hydrogen) atoms. The lowest BCUT2D eigenvalue weighted by Crippen LogP contribution is -2.21. The molecule has 0 unspecified atom stereocenters. The second kappa shape index (κ2) is 8.55. The van der Waals surface area contributed by atoms with E-state index in [2.05, 4.69) is 24.5 Å². The summed E-state index contributed by atoms with van der Waals surface area (Å²) < 4.78 is 18.7. The van der Waals surface area contributed by atoms with Crippen LogP contribution >= 0.6 is 11.6 Å². The molecule has 0 aliphatic carbocycles. The Labute approximate surface area is 146 Å². The lowest BCUT2D eigenvalue weighted by Gasteiger charge is -2.11. The maximum atomic E-state index is 13.1. The quantitative estimate of drug-likeness (QED) is 0.769. The van der Waals surface area contributed by atoms with Gasteiger partial charge < -0.3 is 15.4 Å². The van der Waals surface area contributed by atoms with Crippen LogP contribution in [0.4, 0.5) is 15.8 Å². The van der Waals surface area contributed by atoms with Crippen molar-refractivity contribution in [2.75, 3.05) is 23.8 Å². The third-order valence-corrected chi connectivity index (χ3v) is 3.36. The van der Waals surface area contributed by atoms with Gasteiger partial charge in [-0.25, -0.2) is 4.39 Å². The molecule has 0 aromatic heterocycles. The lowest BCUT2D eigenvalue weighted by atomic mass is 10.2. The zero-order chi connectivity index (χ0) is 17.5. The van der Waals surface area contributed by atoms with Gasteiger partial charge >= 0.3 is 0 Å². The second-order valence-corrected chi connectivity index (χ2v) is 6.17. The molecule has 0 saturated heterocycles. The van der Waals surface area contributed by atoms with Gasteiger partial charge in [-0.05, 0) is 36.2 Å². The molecule has 0 fully saturated rings. The number of benzene rings is 2. The maximum Gasteiger partial charge on any atom is 0.243 e. The summed E-state index contributed by atoms with van der Waals surface area (Å²) >= 11 is 5.70. The van der Waals surface area contributed by atoms with Gasteiger partial charge in [-0.15, -0.1) is 0 Å². The summed E-state index contributed by atoms with van der Waals surface area (Å²) in [5.41, 5.74) is 1.23. The molecule has 0 aliphatic heterocycles. The first-order valence-electron chi connectivity index (χ1n) is 7.65. The van der Waals surface area contributed by atoms with Crippen molar-refractivity contribution in [3.63, 3.8) is 0 Å². The Balaban J connectivity index is 1.87. The highest BCUT2D eigenvalue weighted by Crippen LogP contribution is 2.20. The van der Waals surface area contributed by atoms with E-state index in [-0.39, 0.29) is 17.5 Å². The van der Waals surface area contributed by atoms with E-state index in [0.29, 0.717) is 29.6 Å². The molecule has 0 atom stereocenters. The first-order chi connectivity index (χ1) is 11.4. The van der Waals surface area contributed by atoms with Crippen molar-refractivity contribution >= 4 is 28.9 Å². The maximum absolute atomic E-state index is 13.1. The molecule has 0 bridgehead atoms. The number of anilines is 2. The highest BCUT2D eigenvalue weighted by atomic mass is 35.5. The number of ether oxygens (including phenoxy) is 1. The predicted molar refractivity (Wildman–Crippen MR) is 95.3 cm³/mol. The molecule has 2 aromatic rings. The number of rotatable bonds is 7. The van der Waals surface area contributed by atoms with Gasteiger partial charge in [0.15, 0.2) is 0 Å². The first kappa shape index (κ1) is 18.1. The second-order valence-electron chi connectivity index (χ2n) is 5.76. The van der Waals surface area contributed by atoms with Crippen LogP contribution in [0.1, 0.15) is 13.8 Å². The van der Waals surface area contributed by atoms with Crippen LogP contribution in [-0.2, 0) is 4.79 Å². The molecule has 0 saturated carbocycles. The molecule has 0 heterocycles. The average molecular weight is 351 g/mol. The Kier molecular flexibility index (Phi) is 6.44. The van der Waals surface area contributed by atoms with Crippen LogP contribution < -0.4 is 15.4 Å². The van der Waals surface area contributed by atoms with Crippen molar-refractivity contribution in [1.82, 2.24) is 0 Å². The SMILES string of the molecule is CC(C)COc1cccc(NC(=O)CNc2ccc(F)c(Cl)c2)c1. The van der Waals surface area contributed by atoms with Crippen LogP contribution in [0.15, 0.2) is 42.5 Å². The van der Waals surface area contributed by atoms with E-state index in [4.69, 9.17) is 16.3 Å². The van der Waals surface area contributed by atoms with Gasteiger partial charge in [0.25, 0.3) is 0 Å². The first-order valence-corrected chi connectivity index (χ1v) is 8.03. The number of carbonyl (C=O) groups excluding carboxylic acids is 1. The topological polar surface area (TPSA) is 50.4 Å². The molecule has 0 spiro atoms. The summed E-state index contributed by atoms with van der Waals surface area (Å²) in [7, 11) is 0. The van der Waals surface area contributed by atoms with Crippen molar-refractivity contribution < 1.29 is 13.9 Å². The van der Waals surface area contributed by atoms with E-state index in [9.17, 15) is 9.18 Å². The van der Waals surface area contributed by atoms with Crippen LogP contribution in [0.3, 0.4) is 0 Å². The summed E-state index contributed by atoms with van der Waals surface area (Å²) in [5.74, 6) is 0.413. The molecule has 2 N–H and O–H groups in total. The Bertz CT molecular complexity index is 707. The Morgan fingerprint density at radius 1 is 1.21 bits per heavy atom. The number of nitrogens with one attached hydrogen (secondary N) is 2. The van der Waals surface area contributed by atoms with Gasteiger partial charge in [0.2, 0.25) is 5.91 Å². The minimum Gasteiger partial charge on any atom is -0.493 e. The van der Waals surface area contributed by atoms with Gasteiger partial charge in [0.05, 0.1) is 18.2 Å². The smallest absolute Gasteiger partial charge is 0.243 e. The third kappa shape index (κ3) is 5.74. The van der Waals surface area contributed by atoms with Crippen molar-refractivity contribution in [3.8, 4) is 5.75 Å². The number of amides is 1. The highest BCUT2D eigenvalue weighted by molar-refractivity contribution is 6.31. The van der Waals surface area contributed by atoms with Crippen LogP contribution in [0.5, 0.6) is 5.75 Å². The number of hydrogen-bond acceptors (Lipinski definition) is 3. The van der Waals surface area contributed by atoms with Crippen molar-refractivity contribution in [2.24, 2.45) is 5.92 Å². The van der Waals surface area contributed by atoms with E-state index in [1.165, 1.54) is 18.2 Å². The van der Waals surface area contributed by atoms with Crippen molar-refractivity contribution in [1.29, 1.82) is 0 Å². The normalized spacial score (nSPS) is 10.5. The fourth-order valence-electron chi connectivity index (χ4n) is 1.92. The monoisotopic (exact) mass is 350 g/mol. The zero-order valence-electron chi connectivity index (χ0n) is 13.6. The molecular weight excluding hydrogens is 331 g/mol. The molecule has 2 rings (SSSR count). The lowest BCUT2D eigenvalue weighted by molar-refractivity contribution is -0.114. The molecule has 4 nitrogen and oxygen atoms in total. The Hall–Kier alpha value is -2.27. The molecular formula is C18H20ClFN2O2. The Morgan fingerprint density at radius 3 is 2.71 bits per heavy atom. The molecule has 6 heteroatoms.